The fraction of sp³-hybridized carbons (Fsp3) is 0.0488. The van der Waals surface area contributed by atoms with Crippen LogP contribution < -0.4 is 15.1 Å². The zero-order chi connectivity index (χ0) is 93.3. The van der Waals surface area contributed by atoms with E-state index in [1.807, 2.05) is 261 Å². The monoisotopic (exact) mass is 3110 g/mol. The second-order valence-electron chi connectivity index (χ2n) is 32.3. The van der Waals surface area contributed by atoms with Crippen LogP contribution in [0.3, 0.4) is 0 Å². The fourth-order valence-corrected chi connectivity index (χ4v) is 16.3. The minimum atomic E-state index is -0.990. The Labute approximate surface area is 931 Å². The summed E-state index contributed by atoms with van der Waals surface area (Å²) < 4.78 is 2.29. The van der Waals surface area contributed by atoms with Crippen LogP contribution >= 0.6 is 0 Å². The summed E-state index contributed by atoms with van der Waals surface area (Å²) >= 11 is 0. The minimum absolute atomic E-state index is 0. The van der Waals surface area contributed by atoms with Gasteiger partial charge in [0.2, 0.25) is 0 Å². The molecule has 2 aliphatic rings. The number of carbonyl (C=O) groups is 1. The number of carboxylic acid groups (broad SMARTS) is 1. The molecule has 9 heterocycles. The quantitative estimate of drug-likeness (QED) is 0.0995. The Kier molecular flexibility index (Phi) is 43.5. The van der Waals surface area contributed by atoms with Crippen LogP contribution in [0.25, 0.3) is 138 Å². The van der Waals surface area contributed by atoms with Crippen LogP contribution in [0.1, 0.15) is 38.3 Å². The normalized spacial score (nSPS) is 10.9. The molecular formula is C123H94Ir7N11O2-9. The predicted octanol–water partition coefficient (Wildman–Crippen LogP) is 29.4. The second kappa shape index (κ2) is 55.6. The number of aromatic nitrogens is 7. The first-order valence-electron chi connectivity index (χ1n) is 44.7. The molecule has 0 saturated carbocycles. The number of aryl methyl sites for hydroxylation is 5. The number of nitrogens with zero attached hydrogens (tertiary/aromatic N) is 10. The van der Waals surface area contributed by atoms with Crippen molar-refractivity contribution < 1.29 is 151 Å². The Morgan fingerprint density at radius 1 is 0.364 bits per heavy atom. The summed E-state index contributed by atoms with van der Waals surface area (Å²) in [5.41, 5.74) is 28.3. The number of hydrogen-bond donors (Lipinski definition) is 2. The summed E-state index contributed by atoms with van der Waals surface area (Å²) in [6.45, 7) is 14.7. The third kappa shape index (κ3) is 28.3. The van der Waals surface area contributed by atoms with Crippen LogP contribution in [0.15, 0.2) is 438 Å². The van der Waals surface area contributed by atoms with Gasteiger partial charge in [0.05, 0.1) is 11.3 Å². The molecular weight excluding hydrogens is 3010 g/mol. The van der Waals surface area contributed by atoms with Crippen molar-refractivity contribution >= 4 is 88.4 Å². The summed E-state index contributed by atoms with van der Waals surface area (Å²) in [6.07, 6.45) is 14.9. The number of imidazole rings is 1. The summed E-state index contributed by atoms with van der Waals surface area (Å²) in [4.78, 5) is 42.5. The molecule has 0 saturated heterocycles. The van der Waals surface area contributed by atoms with Crippen LogP contribution in [0.4, 0.5) is 22.7 Å². The van der Waals surface area contributed by atoms with Crippen molar-refractivity contribution in [3.63, 3.8) is 0 Å². The van der Waals surface area contributed by atoms with Crippen LogP contribution in [-0.2, 0) is 141 Å². The number of nitrogens with one attached hydrogen (secondary N) is 1. The van der Waals surface area contributed by atoms with Crippen molar-refractivity contribution in [2.24, 2.45) is 0 Å². The van der Waals surface area contributed by atoms with Crippen molar-refractivity contribution in [2.75, 3.05) is 22.2 Å². The van der Waals surface area contributed by atoms with Crippen LogP contribution in [0.2, 0.25) is 0 Å². The minimum Gasteiger partial charge on any atom is -0.514 e. The first-order chi connectivity index (χ1) is 66.8. The molecule has 7 aromatic heterocycles. The maximum Gasteiger partial charge on any atom is 0.354 e. The van der Waals surface area contributed by atoms with E-state index in [2.05, 4.69) is 288 Å². The second-order valence-corrected chi connectivity index (χ2v) is 32.3. The summed E-state index contributed by atoms with van der Waals surface area (Å²) in [5.74, 6) is -0.990. The molecule has 13 nitrogen and oxygen atoms in total. The van der Waals surface area contributed by atoms with E-state index in [-0.39, 0.29) is 146 Å². The van der Waals surface area contributed by atoms with Crippen molar-refractivity contribution in [3.8, 4) is 78.5 Å². The molecule has 0 atom stereocenters. The van der Waals surface area contributed by atoms with Gasteiger partial charge in [-0.05, 0) is 180 Å². The Hall–Kier alpha value is -13.0. The molecule has 22 aromatic rings. The summed E-state index contributed by atoms with van der Waals surface area (Å²) in [7, 11) is 2.00. The van der Waals surface area contributed by atoms with E-state index >= 15 is 0 Å². The maximum absolute atomic E-state index is 10.1. The third-order valence-electron chi connectivity index (χ3n) is 22.9. The van der Waals surface area contributed by atoms with Crippen LogP contribution in [0, 0.1) is 90.4 Å². The van der Waals surface area contributed by atoms with Gasteiger partial charge in [-0.15, -0.1) is 177 Å². The fourth-order valence-electron chi connectivity index (χ4n) is 16.3. The average molecular weight is 3100 g/mol. The SMILES string of the molecule is CN1C=CN(c2[c-]cccc2)[CH-]1.Cc1ccc(C)c(-c2cc[c-]c(-c3ccccn3)c2)c1.Cc1ccc2c(c1)c1ccc[c-]c1c1ncc(-c3c(C)cccc3C)n21.O=C(O)c1ccccn1.[Ir].[Ir].[Ir].[Ir].[Ir].[Ir].[Ir].[c-]1cc2ccccc2cc1-c1ccccn1.[c-]1ccccc1-c1ncc(-c2ccccc2)c2ccccc12.[c-]1ccccc1-c1nccc2ccccc12.[c-]1ccccc1N1[CH-]Nc2ccccc21. The van der Waals surface area contributed by atoms with Crippen molar-refractivity contribution in [1.82, 2.24) is 39.2 Å². The summed E-state index contributed by atoms with van der Waals surface area (Å²) in [5, 5.41) is 22.3. The molecule has 143 heavy (non-hydrogen) atoms. The third-order valence-corrected chi connectivity index (χ3v) is 22.9. The first kappa shape index (κ1) is 112. The molecule has 0 spiro atoms. The number of hydrogen-bond acceptors (Lipinski definition) is 11. The number of para-hydroxylation sites is 4. The van der Waals surface area contributed by atoms with Gasteiger partial charge in [0.25, 0.3) is 0 Å². The van der Waals surface area contributed by atoms with Gasteiger partial charge in [0.15, 0.2) is 0 Å². The molecule has 0 bridgehead atoms. The Morgan fingerprint density at radius 3 is 1.55 bits per heavy atom. The Balaban J connectivity index is 0.000000169. The number of fused-ring (bicyclic) bond motifs is 10. The number of rotatable bonds is 10. The standard InChI is InChI=1S/C24H19N2.C21H14N.C19H16N.2C15H10N.C13H10N2.C10H10N2.C6H5NO2.7Ir/c1-15-11-12-21-20(13-15)18-9-4-5-10-19(18)24-25-14-22(26(21)24)23-16(2)7-6-8-17(23)3;1-3-9-16(10-4-1)20-15-22-21(17-11-5-2-6-12-17)19-14-8-7-13-18(19)20;1-14-9-10-15(2)18(12-14)16-6-5-7-17(13-16)19-8-3-4-11-20-19;1-2-6-13-11-14(9-8-12(13)5-1)15-7-3-4-10-16-15;1-2-7-13(8-3-1)15-14-9-5-4-6-12(14)10-11-16-15;1-2-6-11(7-3-1)15-10-14-12-8-4-5-9-13(12)15;1-11-7-8-12(9-11)10-5-3-2-4-6-10;8-6(9)5-3-1-2-4-7-5;;;;;;;/h4-9,11-14H,1-3H3;1-11,13-15H;3-6,8-13H,1-2H3;1-8,10-11H;1-7,9-11H;1-6,8-10,14H;2-5,7-9H,1H3;1-4H,(H,8,9);;;;;;;/q5*-1;2*-2;;;;;;;;. The smallest absolute Gasteiger partial charge is 0.354 e. The van der Waals surface area contributed by atoms with E-state index < -0.39 is 5.97 Å². The topological polar surface area (TPSA) is 141 Å². The molecule has 2 N–H and O–H groups in total. The van der Waals surface area contributed by atoms with Gasteiger partial charge in [-0.3, -0.25) is 4.98 Å². The Bertz CT molecular complexity index is 7740. The van der Waals surface area contributed by atoms with Crippen molar-refractivity contribution in [3.05, 3.63) is 527 Å². The number of anilines is 4. The number of carboxylic acids is 1. The van der Waals surface area contributed by atoms with E-state index in [1.165, 1.54) is 111 Å². The van der Waals surface area contributed by atoms with E-state index in [0.29, 0.717) is 0 Å². The molecule has 0 unspecified atom stereocenters. The van der Waals surface area contributed by atoms with Gasteiger partial charge in [-0.1, -0.05) is 216 Å². The number of aromatic carboxylic acids is 1. The zero-order valence-corrected chi connectivity index (χ0v) is 95.2. The average Bonchev–Trinajstić information content (AvgIpc) is 1.59. The first-order valence-corrected chi connectivity index (χ1v) is 44.7. The molecule has 2 aliphatic heterocycles. The predicted molar refractivity (Wildman–Crippen MR) is 558 cm³/mol. The van der Waals surface area contributed by atoms with Gasteiger partial charge in [0.1, 0.15) is 5.69 Å². The molecule has 0 amide bonds. The van der Waals surface area contributed by atoms with E-state index in [1.54, 1.807) is 18.3 Å². The van der Waals surface area contributed by atoms with Crippen molar-refractivity contribution in [1.29, 1.82) is 0 Å². The van der Waals surface area contributed by atoms with Gasteiger partial charge in [0, 0.05) is 206 Å². The van der Waals surface area contributed by atoms with Gasteiger partial charge in [-0.25, -0.2) is 9.78 Å². The van der Waals surface area contributed by atoms with E-state index in [9.17, 15) is 4.79 Å². The molecule has 24 rings (SSSR count). The van der Waals surface area contributed by atoms with Crippen LogP contribution in [-0.4, -0.2) is 57.3 Å². The summed E-state index contributed by atoms with van der Waals surface area (Å²) in [6, 6.07) is 153. The molecule has 0 fully saturated rings. The van der Waals surface area contributed by atoms with E-state index in [0.717, 1.165) is 89.8 Å². The molecule has 0 aliphatic carbocycles. The Morgan fingerprint density at radius 2 is 0.923 bits per heavy atom. The van der Waals surface area contributed by atoms with E-state index in [4.69, 9.17) is 15.1 Å². The van der Waals surface area contributed by atoms with Crippen LogP contribution in [0.5, 0.6) is 0 Å². The molecule has 7 radical (unpaired) electrons. The van der Waals surface area contributed by atoms with Gasteiger partial charge < -0.3 is 49.5 Å². The number of pyridine rings is 6. The zero-order valence-electron chi connectivity index (χ0n) is 78.4. The largest absolute Gasteiger partial charge is 0.514 e. The molecule has 725 valence electrons. The maximum atomic E-state index is 10.1. The number of benzene rings is 15. The van der Waals surface area contributed by atoms with Gasteiger partial charge in [-0.2, -0.15) is 74.0 Å². The van der Waals surface area contributed by atoms with Gasteiger partial charge >= 0.3 is 5.97 Å². The van der Waals surface area contributed by atoms with Crippen molar-refractivity contribution in [2.45, 2.75) is 34.6 Å². The molecule has 15 aromatic carbocycles. The molecule has 20 heteroatoms.